The Kier molecular flexibility index (Phi) is 4.06. The molecule has 1 unspecified atom stereocenters. The van der Waals surface area contributed by atoms with Gasteiger partial charge in [0.15, 0.2) is 10.6 Å². The molecule has 2 heterocycles. The van der Waals surface area contributed by atoms with Crippen molar-refractivity contribution in [1.82, 2.24) is 9.97 Å². The molecule has 0 saturated carbocycles. The summed E-state index contributed by atoms with van der Waals surface area (Å²) in [5.41, 5.74) is 9.16. The Balaban J connectivity index is 2.05. The Morgan fingerprint density at radius 2 is 2.08 bits per heavy atom. The third-order valence-electron chi connectivity index (χ3n) is 4.60. The lowest BCUT2D eigenvalue weighted by molar-refractivity contribution is -0.116. The molecule has 2 aliphatic rings. The fourth-order valence-electron chi connectivity index (χ4n) is 3.56. The molecule has 4 rings (SSSR count). The second-order valence-corrected chi connectivity index (χ2v) is 7.26. The predicted molar refractivity (Wildman–Crippen MR) is 102 cm³/mol. The van der Waals surface area contributed by atoms with Crippen LogP contribution in [0, 0.1) is 4.77 Å². The number of benzene rings is 1. The van der Waals surface area contributed by atoms with Crippen LogP contribution in [0.5, 0.6) is 0 Å². The lowest BCUT2D eigenvalue weighted by Crippen LogP contribution is -2.28. The third-order valence-corrected chi connectivity index (χ3v) is 5.62. The van der Waals surface area contributed by atoms with Crippen molar-refractivity contribution < 1.29 is 4.79 Å². The maximum Gasteiger partial charge on any atom is 0.200 e. The van der Waals surface area contributed by atoms with E-state index in [1.54, 1.807) is 6.07 Å². The van der Waals surface area contributed by atoms with E-state index >= 15 is 0 Å². The fraction of sp³-hybridized carbons (Fsp3) is 0.235. The largest absolute Gasteiger partial charge is 0.385 e. The number of hydrogen-bond donors (Lipinski definition) is 3. The molecular formula is C17H14Cl2N4OS. The van der Waals surface area contributed by atoms with E-state index in [1.807, 2.05) is 12.1 Å². The van der Waals surface area contributed by atoms with Crippen LogP contribution in [0.2, 0.25) is 10.0 Å². The van der Waals surface area contributed by atoms with Crippen molar-refractivity contribution in [2.45, 2.75) is 25.2 Å². The quantitative estimate of drug-likeness (QED) is 0.617. The highest BCUT2D eigenvalue weighted by Gasteiger charge is 2.38. The van der Waals surface area contributed by atoms with Crippen LogP contribution in [0.15, 0.2) is 29.5 Å². The summed E-state index contributed by atoms with van der Waals surface area (Å²) in [7, 11) is 0. The summed E-state index contributed by atoms with van der Waals surface area (Å²) >= 11 is 17.8. The highest BCUT2D eigenvalue weighted by molar-refractivity contribution is 7.71. The average Bonchev–Trinajstić information content (AvgIpc) is 2.55. The third kappa shape index (κ3) is 2.65. The number of nitrogens with two attached hydrogens (primary N) is 1. The molecule has 1 aliphatic carbocycles. The van der Waals surface area contributed by atoms with E-state index in [2.05, 4.69) is 15.3 Å². The van der Waals surface area contributed by atoms with E-state index in [0.717, 1.165) is 24.1 Å². The number of anilines is 2. The van der Waals surface area contributed by atoms with E-state index in [9.17, 15) is 4.79 Å². The van der Waals surface area contributed by atoms with Crippen LogP contribution >= 0.6 is 35.4 Å². The second-order valence-electron chi connectivity index (χ2n) is 6.09. The number of carbonyl (C=O) groups excluding carboxylic acids is 1. The molecule has 2 aromatic rings. The van der Waals surface area contributed by atoms with Crippen LogP contribution in [-0.4, -0.2) is 15.8 Å². The Labute approximate surface area is 159 Å². The molecule has 0 fully saturated rings. The molecular weight excluding hydrogens is 379 g/mol. The predicted octanol–water partition coefficient (Wildman–Crippen LogP) is 4.59. The first-order valence-corrected chi connectivity index (χ1v) is 9.00. The molecule has 1 atom stereocenters. The number of nitrogen functional groups attached to an aromatic ring is 1. The summed E-state index contributed by atoms with van der Waals surface area (Å²) < 4.78 is 0.283. The van der Waals surface area contributed by atoms with Gasteiger partial charge in [0.1, 0.15) is 11.6 Å². The molecule has 4 N–H and O–H groups in total. The number of hydrogen-bond acceptors (Lipinski definition) is 5. The van der Waals surface area contributed by atoms with E-state index in [0.29, 0.717) is 39.2 Å². The SMILES string of the molecule is Nc1[nH]c(=S)nc2c1C(c1cccc(Cl)c1Cl)C1=C(CCCC1=O)N2. The number of rotatable bonds is 1. The zero-order valence-electron chi connectivity index (χ0n) is 13.0. The number of aromatic amines is 1. The average molecular weight is 393 g/mol. The maximum atomic E-state index is 12.7. The van der Waals surface area contributed by atoms with Crippen LogP contribution in [0.25, 0.3) is 0 Å². The molecule has 5 nitrogen and oxygen atoms in total. The summed E-state index contributed by atoms with van der Waals surface area (Å²) in [5.74, 6) is 0.594. The van der Waals surface area contributed by atoms with Gasteiger partial charge in [-0.05, 0) is 36.7 Å². The van der Waals surface area contributed by atoms with Gasteiger partial charge in [-0.2, -0.15) is 0 Å². The highest BCUT2D eigenvalue weighted by atomic mass is 35.5. The molecule has 128 valence electrons. The molecule has 0 spiro atoms. The first-order chi connectivity index (χ1) is 12.0. The van der Waals surface area contributed by atoms with E-state index in [4.69, 9.17) is 41.2 Å². The van der Waals surface area contributed by atoms with Crippen molar-refractivity contribution in [3.63, 3.8) is 0 Å². The molecule has 0 radical (unpaired) electrons. The topological polar surface area (TPSA) is 83.8 Å². The zero-order chi connectivity index (χ0) is 17.7. The lowest BCUT2D eigenvalue weighted by atomic mass is 9.76. The number of nitrogens with zero attached hydrogens (tertiary/aromatic N) is 1. The van der Waals surface area contributed by atoms with E-state index < -0.39 is 5.92 Å². The number of ketones is 1. The number of carbonyl (C=O) groups is 1. The normalized spacial score (nSPS) is 19.3. The minimum Gasteiger partial charge on any atom is -0.385 e. The zero-order valence-corrected chi connectivity index (χ0v) is 15.4. The molecule has 25 heavy (non-hydrogen) atoms. The van der Waals surface area contributed by atoms with Crippen molar-refractivity contribution in [3.05, 3.63) is 55.4 Å². The molecule has 1 aromatic heterocycles. The number of fused-ring (bicyclic) bond motifs is 1. The minimum atomic E-state index is -0.426. The van der Waals surface area contributed by atoms with Crippen LogP contribution in [0.1, 0.15) is 36.3 Å². The Bertz CT molecular complexity index is 999. The summed E-state index contributed by atoms with van der Waals surface area (Å²) in [5, 5.41) is 4.09. The molecule has 8 heteroatoms. The van der Waals surface area contributed by atoms with Crippen molar-refractivity contribution >= 4 is 52.8 Å². The van der Waals surface area contributed by atoms with Gasteiger partial charge >= 0.3 is 0 Å². The van der Waals surface area contributed by atoms with Gasteiger partial charge < -0.3 is 16.0 Å². The molecule has 1 aliphatic heterocycles. The molecule has 1 aromatic carbocycles. The van der Waals surface area contributed by atoms with E-state index in [-0.39, 0.29) is 10.6 Å². The van der Waals surface area contributed by atoms with Gasteiger partial charge in [-0.25, -0.2) is 4.98 Å². The van der Waals surface area contributed by atoms with Gasteiger partial charge in [0.25, 0.3) is 0 Å². The number of allylic oxidation sites excluding steroid dienone is 2. The molecule has 0 saturated heterocycles. The smallest absolute Gasteiger partial charge is 0.200 e. The Morgan fingerprint density at radius 1 is 1.28 bits per heavy atom. The van der Waals surface area contributed by atoms with Crippen LogP contribution in [0.4, 0.5) is 11.6 Å². The number of aromatic nitrogens is 2. The Morgan fingerprint density at radius 3 is 2.88 bits per heavy atom. The summed E-state index contributed by atoms with van der Waals surface area (Å²) in [4.78, 5) is 20.0. The highest BCUT2D eigenvalue weighted by Crippen LogP contribution is 2.48. The first-order valence-electron chi connectivity index (χ1n) is 7.84. The lowest BCUT2D eigenvalue weighted by Gasteiger charge is -2.34. The minimum absolute atomic E-state index is 0.0855. The summed E-state index contributed by atoms with van der Waals surface area (Å²) in [6.07, 6.45) is 2.06. The van der Waals surface area contributed by atoms with Crippen LogP contribution in [-0.2, 0) is 4.79 Å². The summed E-state index contributed by atoms with van der Waals surface area (Å²) in [6.45, 7) is 0. The van der Waals surface area contributed by atoms with Gasteiger partial charge in [0.05, 0.1) is 10.0 Å². The first kappa shape index (κ1) is 16.6. The standard InChI is InChI=1S/C17H14Cl2N4OS/c18-8-4-1-3-7(14(8)19)11-12-9(5-2-6-10(12)24)21-16-13(11)15(20)22-17(25)23-16/h1,3-4,11H,2,5-6H2,(H4,20,21,22,23,25). The van der Waals surface area contributed by atoms with Crippen molar-refractivity contribution in [1.29, 1.82) is 0 Å². The van der Waals surface area contributed by atoms with E-state index in [1.165, 1.54) is 0 Å². The second kappa shape index (κ2) is 6.12. The molecule has 0 bridgehead atoms. The van der Waals surface area contributed by atoms with Gasteiger partial charge in [0.2, 0.25) is 0 Å². The van der Waals surface area contributed by atoms with Gasteiger partial charge in [-0.1, -0.05) is 35.3 Å². The van der Waals surface area contributed by atoms with Gasteiger partial charge in [-0.15, -0.1) is 0 Å². The van der Waals surface area contributed by atoms with Crippen LogP contribution < -0.4 is 11.1 Å². The van der Waals surface area contributed by atoms with Crippen molar-refractivity contribution in [2.75, 3.05) is 11.1 Å². The van der Waals surface area contributed by atoms with Crippen molar-refractivity contribution in [2.24, 2.45) is 0 Å². The number of nitrogens with one attached hydrogen (secondary N) is 2. The maximum absolute atomic E-state index is 12.7. The number of Topliss-reactive ketones (excluding diaryl/α,β-unsaturated/α-hetero) is 1. The number of halogens is 2. The van der Waals surface area contributed by atoms with Gasteiger partial charge in [-0.3, -0.25) is 4.79 Å². The number of H-pyrrole nitrogens is 1. The fourth-order valence-corrected chi connectivity index (χ4v) is 4.18. The Hall–Kier alpha value is -1.89. The monoisotopic (exact) mass is 392 g/mol. The van der Waals surface area contributed by atoms with Crippen LogP contribution in [0.3, 0.4) is 0 Å². The van der Waals surface area contributed by atoms with Crippen molar-refractivity contribution in [3.8, 4) is 0 Å². The van der Waals surface area contributed by atoms with Gasteiger partial charge in [0, 0.05) is 29.2 Å². The molecule has 0 amide bonds. The summed E-state index contributed by atoms with van der Waals surface area (Å²) in [6, 6.07) is 5.39.